The second kappa shape index (κ2) is 7.17. The van der Waals surface area contributed by atoms with Crippen molar-refractivity contribution < 1.29 is 0 Å². The van der Waals surface area contributed by atoms with Crippen LogP contribution >= 0.6 is 63.7 Å². The van der Waals surface area contributed by atoms with E-state index in [1.165, 1.54) is 11.1 Å². The van der Waals surface area contributed by atoms with Gasteiger partial charge in [-0.3, -0.25) is 0 Å². The third-order valence-electron chi connectivity index (χ3n) is 5.06. The molecular weight excluding hydrogens is 576 g/mol. The van der Waals surface area contributed by atoms with Crippen molar-refractivity contribution in [1.29, 1.82) is 0 Å². The van der Waals surface area contributed by atoms with E-state index in [-0.39, 0.29) is 5.41 Å². The van der Waals surface area contributed by atoms with Crippen LogP contribution in [0, 0.1) is 27.7 Å². The van der Waals surface area contributed by atoms with Crippen LogP contribution in [0.4, 0.5) is 11.4 Å². The Morgan fingerprint density at radius 2 is 0.760 bits per heavy atom. The lowest BCUT2D eigenvalue weighted by molar-refractivity contribution is 0.624. The Kier molecular flexibility index (Phi) is 6.10. The van der Waals surface area contributed by atoms with Crippen LogP contribution in [0.1, 0.15) is 47.2 Å². The first-order valence-corrected chi connectivity index (χ1v) is 11.0. The molecule has 0 saturated carbocycles. The summed E-state index contributed by atoms with van der Waals surface area (Å²) in [6.45, 7) is 12.6. The van der Waals surface area contributed by atoms with Gasteiger partial charge in [-0.05, 0) is 61.1 Å². The molecule has 2 aromatic carbocycles. The van der Waals surface area contributed by atoms with Crippen LogP contribution in [0.2, 0.25) is 0 Å². The maximum absolute atomic E-state index is 6.27. The van der Waals surface area contributed by atoms with Gasteiger partial charge in [0, 0.05) is 34.7 Å². The molecule has 0 amide bonds. The molecule has 0 aliphatic carbocycles. The molecule has 0 radical (unpaired) electrons. The van der Waals surface area contributed by atoms with Crippen molar-refractivity contribution in [3.8, 4) is 0 Å². The van der Waals surface area contributed by atoms with E-state index < -0.39 is 0 Å². The molecule has 0 bridgehead atoms. The number of nitrogen functional groups attached to an aromatic ring is 2. The van der Waals surface area contributed by atoms with Crippen molar-refractivity contribution in [3.05, 3.63) is 51.3 Å². The molecule has 25 heavy (non-hydrogen) atoms. The van der Waals surface area contributed by atoms with Crippen LogP contribution in [0.3, 0.4) is 0 Å². The number of halogens is 4. The van der Waals surface area contributed by atoms with Gasteiger partial charge in [0.25, 0.3) is 0 Å². The monoisotopic (exact) mass is 594 g/mol. The third kappa shape index (κ3) is 3.21. The fraction of sp³-hybridized carbons (Fsp3) is 0.368. The van der Waals surface area contributed by atoms with E-state index in [0.717, 1.165) is 51.5 Å². The van der Waals surface area contributed by atoms with Crippen molar-refractivity contribution in [2.75, 3.05) is 11.5 Å². The van der Waals surface area contributed by atoms with E-state index in [2.05, 4.69) is 77.6 Å². The summed E-state index contributed by atoms with van der Waals surface area (Å²) < 4.78 is 4.11. The second-order valence-electron chi connectivity index (χ2n) is 6.96. The number of anilines is 2. The van der Waals surface area contributed by atoms with Crippen LogP contribution < -0.4 is 11.5 Å². The summed E-state index contributed by atoms with van der Waals surface area (Å²) in [5.41, 5.74) is 20.4. The summed E-state index contributed by atoms with van der Waals surface area (Å²) in [7, 11) is 0. The quantitative estimate of drug-likeness (QED) is 0.353. The molecule has 136 valence electrons. The van der Waals surface area contributed by atoms with E-state index in [1.54, 1.807) is 0 Å². The van der Waals surface area contributed by atoms with Crippen LogP contribution in [0.15, 0.2) is 17.9 Å². The molecule has 0 heterocycles. The summed E-state index contributed by atoms with van der Waals surface area (Å²) in [6.07, 6.45) is 0. The van der Waals surface area contributed by atoms with Crippen molar-refractivity contribution in [1.82, 2.24) is 0 Å². The minimum Gasteiger partial charge on any atom is -0.398 e. The zero-order valence-corrected chi connectivity index (χ0v) is 21.5. The molecule has 2 aromatic rings. The minimum absolute atomic E-state index is 0.304. The summed E-state index contributed by atoms with van der Waals surface area (Å²) in [5, 5.41) is 0. The molecule has 4 N–H and O–H groups in total. The number of benzene rings is 2. The second-order valence-corrected chi connectivity index (χ2v) is 10.1. The maximum atomic E-state index is 6.27. The minimum atomic E-state index is -0.304. The lowest BCUT2D eigenvalue weighted by atomic mass is 9.75. The molecule has 0 aliphatic heterocycles. The van der Waals surface area contributed by atoms with Gasteiger partial charge in [0.05, 0.1) is 0 Å². The zero-order valence-electron chi connectivity index (χ0n) is 15.2. The smallest absolute Gasteiger partial charge is 0.0396 e. The highest BCUT2D eigenvalue weighted by molar-refractivity contribution is 9.11. The molecule has 2 nitrogen and oxygen atoms in total. The predicted molar refractivity (Wildman–Crippen MR) is 124 cm³/mol. The molecule has 0 spiro atoms. The van der Waals surface area contributed by atoms with Crippen molar-refractivity contribution in [2.45, 2.75) is 47.0 Å². The molecule has 6 heteroatoms. The average Bonchev–Trinajstić information content (AvgIpc) is 2.54. The van der Waals surface area contributed by atoms with Gasteiger partial charge in [0.1, 0.15) is 0 Å². The van der Waals surface area contributed by atoms with Gasteiger partial charge < -0.3 is 11.5 Å². The van der Waals surface area contributed by atoms with E-state index >= 15 is 0 Å². The van der Waals surface area contributed by atoms with Crippen molar-refractivity contribution >= 4 is 75.1 Å². The number of hydrogen-bond donors (Lipinski definition) is 2. The lowest BCUT2D eigenvalue weighted by Gasteiger charge is -2.34. The highest BCUT2D eigenvalue weighted by atomic mass is 79.9. The van der Waals surface area contributed by atoms with E-state index in [0.29, 0.717) is 0 Å². The average molecular weight is 598 g/mol. The number of hydrogen-bond acceptors (Lipinski definition) is 2. The van der Waals surface area contributed by atoms with Gasteiger partial charge in [-0.15, -0.1) is 0 Å². The van der Waals surface area contributed by atoms with E-state index in [1.807, 2.05) is 27.7 Å². The van der Waals surface area contributed by atoms with Gasteiger partial charge in [0.15, 0.2) is 0 Å². The third-order valence-corrected chi connectivity index (χ3v) is 9.03. The van der Waals surface area contributed by atoms with Gasteiger partial charge in [-0.2, -0.15) is 0 Å². The maximum Gasteiger partial charge on any atom is 0.0396 e. The first-order chi connectivity index (χ1) is 11.4. The van der Waals surface area contributed by atoms with Crippen molar-refractivity contribution in [3.63, 3.8) is 0 Å². The van der Waals surface area contributed by atoms with Gasteiger partial charge in [-0.1, -0.05) is 77.6 Å². The van der Waals surface area contributed by atoms with Gasteiger partial charge in [-0.25, -0.2) is 0 Å². The molecule has 0 atom stereocenters. The van der Waals surface area contributed by atoms with Crippen LogP contribution in [0.5, 0.6) is 0 Å². The Balaban J connectivity index is 2.96. The van der Waals surface area contributed by atoms with Crippen LogP contribution in [0.25, 0.3) is 0 Å². The number of rotatable bonds is 2. The molecule has 0 unspecified atom stereocenters. The molecule has 2 rings (SSSR count). The Hall–Kier alpha value is -0.0400. The highest BCUT2D eigenvalue weighted by Crippen LogP contribution is 2.51. The molecule has 0 fully saturated rings. The molecule has 0 aliphatic rings. The standard InChI is InChI=1S/C19H22Br4N2/c1-7-13(20)11(14(21)8(2)17(7)24)19(5,6)12-15(22)9(3)18(25)10(4)16(12)23/h24-25H2,1-6H3. The Morgan fingerprint density at radius 1 is 0.560 bits per heavy atom. The molecule has 0 saturated heterocycles. The summed E-state index contributed by atoms with van der Waals surface area (Å²) in [4.78, 5) is 0. The predicted octanol–water partition coefficient (Wildman–Crippen LogP) is 7.46. The first kappa shape index (κ1) is 21.3. The highest BCUT2D eigenvalue weighted by Gasteiger charge is 2.35. The molecular formula is C19H22Br4N2. The van der Waals surface area contributed by atoms with Crippen molar-refractivity contribution in [2.24, 2.45) is 0 Å². The Morgan fingerprint density at radius 3 is 0.960 bits per heavy atom. The number of nitrogens with two attached hydrogens (primary N) is 2. The van der Waals surface area contributed by atoms with E-state index in [4.69, 9.17) is 11.5 Å². The Labute approximate surface area is 183 Å². The topological polar surface area (TPSA) is 52.0 Å². The fourth-order valence-electron chi connectivity index (χ4n) is 3.20. The normalized spacial score (nSPS) is 11.9. The van der Waals surface area contributed by atoms with Crippen LogP contribution in [-0.4, -0.2) is 0 Å². The lowest BCUT2D eigenvalue weighted by Crippen LogP contribution is -2.24. The van der Waals surface area contributed by atoms with Gasteiger partial charge >= 0.3 is 0 Å². The zero-order chi connectivity index (χ0) is 19.4. The van der Waals surface area contributed by atoms with Crippen LogP contribution in [-0.2, 0) is 5.41 Å². The SMILES string of the molecule is Cc1c(N)c(C)c(Br)c(C(C)(C)c2c(Br)c(C)c(N)c(C)c2Br)c1Br. The summed E-state index contributed by atoms with van der Waals surface area (Å²) >= 11 is 15.1. The fourth-order valence-corrected chi connectivity index (χ4v) is 7.36. The van der Waals surface area contributed by atoms with E-state index in [9.17, 15) is 0 Å². The summed E-state index contributed by atoms with van der Waals surface area (Å²) in [6, 6.07) is 0. The van der Waals surface area contributed by atoms with Gasteiger partial charge in [0.2, 0.25) is 0 Å². The molecule has 0 aromatic heterocycles. The summed E-state index contributed by atoms with van der Waals surface area (Å²) in [5.74, 6) is 0. The first-order valence-electron chi connectivity index (χ1n) is 7.83. The Bertz CT molecular complexity index is 756. The largest absolute Gasteiger partial charge is 0.398 e.